The van der Waals surface area contributed by atoms with Gasteiger partial charge in [-0.25, -0.2) is 18.4 Å². The molecule has 0 unspecified atom stereocenters. The number of hydrogen-bond donors (Lipinski definition) is 2. The third-order valence-electron chi connectivity index (χ3n) is 6.00. The van der Waals surface area contributed by atoms with Crippen LogP contribution < -0.4 is 14.8 Å². The summed E-state index contributed by atoms with van der Waals surface area (Å²) >= 11 is 7.94. The zero-order valence-electron chi connectivity index (χ0n) is 19.8. The fourth-order valence-electron chi connectivity index (χ4n) is 4.34. The zero-order chi connectivity index (χ0) is 25.1. The molecule has 0 amide bonds. The summed E-state index contributed by atoms with van der Waals surface area (Å²) in [5.41, 5.74) is 2.69. The van der Waals surface area contributed by atoms with Gasteiger partial charge in [-0.05, 0) is 61.1 Å². The maximum absolute atomic E-state index is 12.9. The molecule has 188 valence electrons. The van der Waals surface area contributed by atoms with Crippen molar-refractivity contribution in [3.63, 3.8) is 0 Å². The van der Waals surface area contributed by atoms with Crippen molar-refractivity contribution in [2.45, 2.75) is 38.0 Å². The molecule has 0 saturated heterocycles. The van der Waals surface area contributed by atoms with Crippen LogP contribution in [0.2, 0.25) is 5.02 Å². The Morgan fingerprint density at radius 3 is 2.89 bits per heavy atom. The first-order valence-electron chi connectivity index (χ1n) is 11.7. The van der Waals surface area contributed by atoms with Crippen LogP contribution in [0.5, 0.6) is 5.75 Å². The molecule has 5 rings (SSSR count). The molecule has 3 aromatic rings. The number of aromatic nitrogens is 2. The average Bonchev–Trinajstić information content (AvgIpc) is 3.03. The van der Waals surface area contributed by atoms with Gasteiger partial charge in [0.15, 0.2) is 0 Å². The molecule has 2 aromatic heterocycles. The number of hydrogen-bond acceptors (Lipinski definition) is 8. The number of allylic oxidation sites excluding steroid dienone is 2. The van der Waals surface area contributed by atoms with E-state index in [0.717, 1.165) is 41.5 Å². The molecule has 3 heterocycles. The maximum atomic E-state index is 12.9. The van der Waals surface area contributed by atoms with Crippen LogP contribution in [0.1, 0.15) is 34.7 Å². The van der Waals surface area contributed by atoms with E-state index in [1.54, 1.807) is 42.9 Å². The van der Waals surface area contributed by atoms with E-state index in [9.17, 15) is 8.42 Å². The lowest BCUT2D eigenvalue weighted by molar-refractivity contribution is 0.415. The number of methoxy groups -OCH3 is 1. The highest BCUT2D eigenvalue weighted by molar-refractivity contribution is 7.88. The number of ether oxygens (including phenoxy) is 1. The third-order valence-corrected chi connectivity index (χ3v) is 8.66. The molecule has 36 heavy (non-hydrogen) atoms. The second-order valence-electron chi connectivity index (χ2n) is 8.60. The van der Waals surface area contributed by atoms with Crippen LogP contribution in [0, 0.1) is 0 Å². The van der Waals surface area contributed by atoms with Gasteiger partial charge in [0, 0.05) is 23.3 Å². The van der Waals surface area contributed by atoms with Crippen molar-refractivity contribution in [1.29, 1.82) is 0 Å². The minimum atomic E-state index is -3.73. The number of anilines is 1. The van der Waals surface area contributed by atoms with Crippen LogP contribution in [-0.4, -0.2) is 38.3 Å². The summed E-state index contributed by atoms with van der Waals surface area (Å²) in [5, 5.41) is 4.95. The van der Waals surface area contributed by atoms with E-state index in [4.69, 9.17) is 21.3 Å². The molecule has 8 nitrogen and oxygen atoms in total. The second kappa shape index (κ2) is 10.6. The predicted molar refractivity (Wildman–Crippen MR) is 146 cm³/mol. The Morgan fingerprint density at radius 1 is 1.19 bits per heavy atom. The molecule has 0 saturated carbocycles. The first-order chi connectivity index (χ1) is 17.4. The molecule has 11 heteroatoms. The zero-order valence-corrected chi connectivity index (χ0v) is 22.1. The standard InChI is InChI=1S/C25H26ClN5O3S2/c1-34-20-9-8-16(13-19(20)26)14-28-24-23-18-6-2-3-7-21(18)35-25(23)30-22(29-24)15-36(32,33)31-17-5-4-11-27-12-10-17/h4-5,8-10,12-13,31H,2-3,6-7,11,14-15H2,1H3,(H,28,29,30). The van der Waals surface area contributed by atoms with Crippen LogP contribution in [0.3, 0.4) is 0 Å². The van der Waals surface area contributed by atoms with E-state index in [-0.39, 0.29) is 11.6 Å². The highest BCUT2D eigenvalue weighted by atomic mass is 35.5. The van der Waals surface area contributed by atoms with Crippen LogP contribution in [0.15, 0.2) is 47.1 Å². The van der Waals surface area contributed by atoms with Gasteiger partial charge < -0.3 is 10.1 Å². The Balaban J connectivity index is 1.46. The number of aryl methyl sites for hydroxylation is 2. The minimum Gasteiger partial charge on any atom is -0.495 e. The molecule has 1 aliphatic carbocycles. The fraction of sp³-hybridized carbons (Fsp3) is 0.320. The molecule has 0 atom stereocenters. The number of rotatable bonds is 8. The number of nitrogens with one attached hydrogen (secondary N) is 2. The summed E-state index contributed by atoms with van der Waals surface area (Å²) in [7, 11) is -2.15. The van der Waals surface area contributed by atoms with Crippen LogP contribution in [-0.2, 0) is 35.2 Å². The van der Waals surface area contributed by atoms with E-state index >= 15 is 0 Å². The smallest absolute Gasteiger partial charge is 0.240 e. The first kappa shape index (κ1) is 24.7. The molecule has 0 spiro atoms. The van der Waals surface area contributed by atoms with E-state index in [0.29, 0.717) is 35.4 Å². The Morgan fingerprint density at radius 2 is 2.06 bits per heavy atom. The van der Waals surface area contributed by atoms with E-state index in [1.807, 2.05) is 18.2 Å². The van der Waals surface area contributed by atoms with Gasteiger partial charge in [0.2, 0.25) is 10.0 Å². The molecule has 2 aliphatic rings. The van der Waals surface area contributed by atoms with E-state index in [1.165, 1.54) is 10.4 Å². The summed E-state index contributed by atoms with van der Waals surface area (Å²) in [5.74, 6) is 1.17. The molecule has 2 N–H and O–H groups in total. The summed E-state index contributed by atoms with van der Waals surface area (Å²) in [6, 6.07) is 5.61. The SMILES string of the molecule is COc1ccc(CNc2nc(CS(=O)(=O)NC3=CC=NCC=C3)nc3sc4c(c23)CCCC4)cc1Cl. The monoisotopic (exact) mass is 543 g/mol. The van der Waals surface area contributed by atoms with Crippen LogP contribution in [0.25, 0.3) is 10.2 Å². The van der Waals surface area contributed by atoms with Crippen molar-refractivity contribution in [3.8, 4) is 5.75 Å². The number of sulfonamides is 1. The Labute approximate surface area is 219 Å². The normalized spacial score (nSPS) is 15.3. The molecule has 0 radical (unpaired) electrons. The quantitative estimate of drug-likeness (QED) is 0.423. The molecule has 0 bridgehead atoms. The summed E-state index contributed by atoms with van der Waals surface area (Å²) in [4.78, 5) is 15.6. The molecule has 1 aromatic carbocycles. The summed E-state index contributed by atoms with van der Waals surface area (Å²) < 4.78 is 33.7. The van der Waals surface area contributed by atoms with Crippen molar-refractivity contribution < 1.29 is 13.2 Å². The number of aliphatic imine (C=N–C) groups is 1. The Kier molecular flexibility index (Phi) is 7.27. The van der Waals surface area contributed by atoms with Crippen LogP contribution >= 0.6 is 22.9 Å². The van der Waals surface area contributed by atoms with Gasteiger partial charge in [-0.2, -0.15) is 0 Å². The number of fused-ring (bicyclic) bond motifs is 3. The number of benzene rings is 1. The molecule has 1 aliphatic heterocycles. The van der Waals surface area contributed by atoms with Gasteiger partial charge in [-0.3, -0.25) is 9.71 Å². The van der Waals surface area contributed by atoms with Gasteiger partial charge in [-0.1, -0.05) is 23.7 Å². The Bertz CT molecular complexity index is 1500. The van der Waals surface area contributed by atoms with Gasteiger partial charge >= 0.3 is 0 Å². The van der Waals surface area contributed by atoms with Crippen molar-refractivity contribution >= 4 is 55.2 Å². The van der Waals surface area contributed by atoms with Crippen molar-refractivity contribution in [3.05, 3.63) is 69.0 Å². The van der Waals surface area contributed by atoms with E-state index < -0.39 is 10.0 Å². The molecule has 0 fully saturated rings. The number of nitrogens with zero attached hydrogens (tertiary/aromatic N) is 3. The minimum absolute atomic E-state index is 0.246. The van der Waals surface area contributed by atoms with E-state index in [2.05, 4.69) is 20.0 Å². The predicted octanol–water partition coefficient (Wildman–Crippen LogP) is 4.79. The highest BCUT2D eigenvalue weighted by Crippen LogP contribution is 2.39. The number of thiophene rings is 1. The van der Waals surface area contributed by atoms with Crippen molar-refractivity contribution in [2.24, 2.45) is 4.99 Å². The second-order valence-corrected chi connectivity index (χ2v) is 11.8. The maximum Gasteiger partial charge on any atom is 0.240 e. The average molecular weight is 544 g/mol. The fourth-order valence-corrected chi connectivity index (χ4v) is 6.94. The lowest BCUT2D eigenvalue weighted by Gasteiger charge is -2.14. The largest absolute Gasteiger partial charge is 0.495 e. The molecular formula is C25H26ClN5O3S2. The third kappa shape index (κ3) is 5.55. The first-order valence-corrected chi connectivity index (χ1v) is 14.5. The van der Waals surface area contributed by atoms with Gasteiger partial charge in [0.1, 0.15) is 28.0 Å². The topological polar surface area (TPSA) is 106 Å². The number of halogens is 1. The lowest BCUT2D eigenvalue weighted by Crippen LogP contribution is -2.25. The summed E-state index contributed by atoms with van der Waals surface area (Å²) in [6.07, 6.45) is 11.0. The van der Waals surface area contributed by atoms with Gasteiger partial charge in [-0.15, -0.1) is 11.3 Å². The lowest BCUT2D eigenvalue weighted by atomic mass is 9.97. The molecular weight excluding hydrogens is 518 g/mol. The summed E-state index contributed by atoms with van der Waals surface area (Å²) in [6.45, 7) is 0.987. The van der Waals surface area contributed by atoms with Crippen molar-refractivity contribution in [2.75, 3.05) is 19.0 Å². The van der Waals surface area contributed by atoms with Crippen LogP contribution in [0.4, 0.5) is 5.82 Å². The van der Waals surface area contributed by atoms with Gasteiger partial charge in [0.25, 0.3) is 0 Å². The highest BCUT2D eigenvalue weighted by Gasteiger charge is 2.23. The van der Waals surface area contributed by atoms with Gasteiger partial charge in [0.05, 0.1) is 24.1 Å². The Hall–Kier alpha value is -2.95. The van der Waals surface area contributed by atoms with Crippen molar-refractivity contribution in [1.82, 2.24) is 14.7 Å².